The average molecular weight is 276 g/mol. The summed E-state index contributed by atoms with van der Waals surface area (Å²) < 4.78 is 36.9. The van der Waals surface area contributed by atoms with E-state index in [4.69, 9.17) is 14.9 Å². The fraction of sp³-hybridized carbons (Fsp3) is 0.0714. The van der Waals surface area contributed by atoms with E-state index < -0.39 is 11.6 Å². The van der Waals surface area contributed by atoms with Crippen molar-refractivity contribution >= 4 is 16.8 Å². The number of halogens is 2. The molecule has 0 aliphatic rings. The molecule has 0 unspecified atom stereocenters. The summed E-state index contributed by atoms with van der Waals surface area (Å²) in [7, 11) is 1.53. The number of nitrogen functional groups attached to an aromatic ring is 1. The summed E-state index contributed by atoms with van der Waals surface area (Å²) in [6.07, 6.45) is 0. The van der Waals surface area contributed by atoms with Crippen LogP contribution < -0.4 is 10.5 Å². The first kappa shape index (κ1) is 12.4. The molecule has 0 bridgehead atoms. The predicted molar refractivity (Wildman–Crippen MR) is 70.3 cm³/mol. The predicted octanol–water partition coefficient (Wildman–Crippen LogP) is 3.36. The highest BCUT2D eigenvalue weighted by molar-refractivity contribution is 5.80. The summed E-state index contributed by atoms with van der Waals surface area (Å²) in [6, 6.07) is 6.95. The molecule has 1 aromatic heterocycles. The van der Waals surface area contributed by atoms with Crippen LogP contribution in [0.15, 0.2) is 34.7 Å². The highest BCUT2D eigenvalue weighted by atomic mass is 19.2. The Kier molecular flexibility index (Phi) is 2.78. The highest BCUT2D eigenvalue weighted by Gasteiger charge is 2.15. The first-order valence-corrected chi connectivity index (χ1v) is 5.78. The Morgan fingerprint density at radius 3 is 2.65 bits per heavy atom. The van der Waals surface area contributed by atoms with E-state index in [-0.39, 0.29) is 17.1 Å². The lowest BCUT2D eigenvalue weighted by Crippen LogP contribution is -1.94. The van der Waals surface area contributed by atoms with Crippen molar-refractivity contribution in [1.29, 1.82) is 0 Å². The Balaban J connectivity index is 2.17. The molecule has 2 aromatic carbocycles. The van der Waals surface area contributed by atoms with Gasteiger partial charge in [-0.1, -0.05) is 0 Å². The third kappa shape index (κ3) is 1.95. The van der Waals surface area contributed by atoms with Gasteiger partial charge in [0.05, 0.1) is 12.7 Å². The maximum absolute atomic E-state index is 13.3. The zero-order chi connectivity index (χ0) is 14.3. The van der Waals surface area contributed by atoms with Gasteiger partial charge in [-0.3, -0.25) is 0 Å². The van der Waals surface area contributed by atoms with Gasteiger partial charge in [0.15, 0.2) is 17.2 Å². The number of oxazole rings is 1. The van der Waals surface area contributed by atoms with Crippen LogP contribution in [0.1, 0.15) is 0 Å². The molecule has 0 spiro atoms. The number of ether oxygens (including phenoxy) is 1. The zero-order valence-electron chi connectivity index (χ0n) is 10.5. The van der Waals surface area contributed by atoms with Gasteiger partial charge in [-0.15, -0.1) is 0 Å². The Bertz CT molecular complexity index is 799. The van der Waals surface area contributed by atoms with Crippen molar-refractivity contribution in [3.8, 4) is 17.2 Å². The smallest absolute Gasteiger partial charge is 0.229 e. The maximum atomic E-state index is 13.3. The Hall–Kier alpha value is -2.63. The molecule has 0 saturated carbocycles. The lowest BCUT2D eigenvalue weighted by molar-refractivity contribution is 0.414. The average Bonchev–Trinajstić information content (AvgIpc) is 2.85. The Morgan fingerprint density at radius 1 is 1.15 bits per heavy atom. The number of hydrogen-bond acceptors (Lipinski definition) is 4. The van der Waals surface area contributed by atoms with E-state index in [1.165, 1.54) is 7.11 Å². The molecule has 3 aromatic rings. The van der Waals surface area contributed by atoms with Gasteiger partial charge >= 0.3 is 0 Å². The van der Waals surface area contributed by atoms with Gasteiger partial charge in [0.25, 0.3) is 0 Å². The third-order valence-corrected chi connectivity index (χ3v) is 2.92. The molecule has 6 heteroatoms. The number of benzene rings is 2. The van der Waals surface area contributed by atoms with Crippen molar-refractivity contribution in [3.05, 3.63) is 42.0 Å². The molecule has 102 valence electrons. The number of fused-ring (bicyclic) bond motifs is 1. The van der Waals surface area contributed by atoms with Crippen LogP contribution in [0, 0.1) is 11.6 Å². The first-order chi connectivity index (χ1) is 9.58. The van der Waals surface area contributed by atoms with E-state index in [0.717, 1.165) is 12.1 Å². The molecule has 0 atom stereocenters. The summed E-state index contributed by atoms with van der Waals surface area (Å²) in [4.78, 5) is 4.20. The van der Waals surface area contributed by atoms with Crippen LogP contribution in [0.3, 0.4) is 0 Å². The minimum Gasteiger partial charge on any atom is -0.497 e. The normalized spacial score (nSPS) is 10.9. The first-order valence-electron chi connectivity index (χ1n) is 5.78. The molecule has 0 aliphatic carbocycles. The summed E-state index contributed by atoms with van der Waals surface area (Å²) in [5.41, 5.74) is 6.98. The van der Waals surface area contributed by atoms with Gasteiger partial charge in [-0.05, 0) is 18.2 Å². The minimum absolute atomic E-state index is 0.0578. The van der Waals surface area contributed by atoms with Crippen molar-refractivity contribution < 1.29 is 17.9 Å². The summed E-state index contributed by atoms with van der Waals surface area (Å²) >= 11 is 0. The highest BCUT2D eigenvalue weighted by Crippen LogP contribution is 2.31. The molecular formula is C14H10F2N2O2. The summed E-state index contributed by atoms with van der Waals surface area (Å²) in [6.45, 7) is 0. The molecule has 1 heterocycles. The van der Waals surface area contributed by atoms with E-state index in [0.29, 0.717) is 16.8 Å². The van der Waals surface area contributed by atoms with Crippen LogP contribution in [0.2, 0.25) is 0 Å². The number of methoxy groups -OCH3 is 1. The fourth-order valence-electron chi connectivity index (χ4n) is 1.89. The van der Waals surface area contributed by atoms with E-state index in [2.05, 4.69) is 4.98 Å². The molecule has 2 N–H and O–H groups in total. The van der Waals surface area contributed by atoms with Crippen LogP contribution in [-0.4, -0.2) is 12.1 Å². The van der Waals surface area contributed by atoms with Gasteiger partial charge in [0, 0.05) is 17.8 Å². The maximum Gasteiger partial charge on any atom is 0.229 e. The second-order valence-electron chi connectivity index (χ2n) is 4.21. The van der Waals surface area contributed by atoms with E-state index in [9.17, 15) is 8.78 Å². The number of nitrogens with zero attached hydrogens (tertiary/aromatic N) is 1. The Labute approximate surface area is 112 Å². The summed E-state index contributed by atoms with van der Waals surface area (Å²) in [5, 5.41) is 0. The second-order valence-corrected chi connectivity index (χ2v) is 4.21. The van der Waals surface area contributed by atoms with Gasteiger partial charge < -0.3 is 14.9 Å². The standard InChI is InChI=1S/C14H10F2N2O2/c1-19-7-2-3-12-13(4-7)20-14(18-12)8-5-9(15)10(16)6-11(8)17/h2-6H,17H2,1H3. The zero-order valence-corrected chi connectivity index (χ0v) is 10.5. The molecule has 3 rings (SSSR count). The number of anilines is 1. The number of aromatic nitrogens is 1. The number of hydrogen-bond donors (Lipinski definition) is 1. The molecule has 0 radical (unpaired) electrons. The lowest BCUT2D eigenvalue weighted by atomic mass is 10.1. The Morgan fingerprint density at radius 2 is 1.90 bits per heavy atom. The largest absolute Gasteiger partial charge is 0.497 e. The third-order valence-electron chi connectivity index (χ3n) is 2.92. The van der Waals surface area contributed by atoms with Crippen molar-refractivity contribution in [3.63, 3.8) is 0 Å². The number of rotatable bonds is 2. The molecule has 0 amide bonds. The van der Waals surface area contributed by atoms with Crippen LogP contribution >= 0.6 is 0 Å². The molecule has 0 aliphatic heterocycles. The topological polar surface area (TPSA) is 61.3 Å². The van der Waals surface area contributed by atoms with Crippen LogP contribution in [0.25, 0.3) is 22.6 Å². The summed E-state index contributed by atoms with van der Waals surface area (Å²) in [5.74, 6) is -1.28. The monoisotopic (exact) mass is 276 g/mol. The number of nitrogens with two attached hydrogens (primary N) is 1. The van der Waals surface area contributed by atoms with Crippen molar-refractivity contribution in [1.82, 2.24) is 4.98 Å². The molecular weight excluding hydrogens is 266 g/mol. The van der Waals surface area contributed by atoms with Crippen molar-refractivity contribution in [2.24, 2.45) is 0 Å². The van der Waals surface area contributed by atoms with Crippen molar-refractivity contribution in [2.75, 3.05) is 12.8 Å². The lowest BCUT2D eigenvalue weighted by Gasteiger charge is -2.02. The van der Waals surface area contributed by atoms with Gasteiger partial charge in [0.2, 0.25) is 5.89 Å². The van der Waals surface area contributed by atoms with E-state index in [1.54, 1.807) is 18.2 Å². The van der Waals surface area contributed by atoms with Crippen LogP contribution in [0.5, 0.6) is 5.75 Å². The van der Waals surface area contributed by atoms with Crippen molar-refractivity contribution in [2.45, 2.75) is 0 Å². The van der Waals surface area contributed by atoms with E-state index >= 15 is 0 Å². The SMILES string of the molecule is COc1ccc2nc(-c3cc(F)c(F)cc3N)oc2c1. The molecule has 4 nitrogen and oxygen atoms in total. The van der Waals surface area contributed by atoms with Crippen LogP contribution in [0.4, 0.5) is 14.5 Å². The van der Waals surface area contributed by atoms with Gasteiger partial charge in [-0.2, -0.15) is 0 Å². The van der Waals surface area contributed by atoms with Gasteiger partial charge in [-0.25, -0.2) is 13.8 Å². The molecule has 0 fully saturated rings. The van der Waals surface area contributed by atoms with Crippen LogP contribution in [-0.2, 0) is 0 Å². The second kappa shape index (κ2) is 4.48. The molecule has 0 saturated heterocycles. The molecule has 20 heavy (non-hydrogen) atoms. The van der Waals surface area contributed by atoms with E-state index in [1.807, 2.05) is 0 Å². The van der Waals surface area contributed by atoms with Gasteiger partial charge in [0.1, 0.15) is 11.3 Å². The fourth-order valence-corrected chi connectivity index (χ4v) is 1.89. The quantitative estimate of drug-likeness (QED) is 0.729. The minimum atomic E-state index is -1.01.